The Morgan fingerprint density at radius 1 is 1.04 bits per heavy atom. The molecule has 0 spiro atoms. The first-order valence-corrected chi connectivity index (χ1v) is 9.26. The van der Waals surface area contributed by atoms with Crippen LogP contribution in [-0.2, 0) is 4.74 Å². The van der Waals surface area contributed by atoms with Crippen LogP contribution >= 0.6 is 0 Å². The highest BCUT2D eigenvalue weighted by Gasteiger charge is 2.64. The summed E-state index contributed by atoms with van der Waals surface area (Å²) >= 11 is 0. The van der Waals surface area contributed by atoms with Crippen molar-refractivity contribution in [1.29, 1.82) is 0 Å². The number of rotatable bonds is 2. The number of ether oxygens (including phenoxy) is 1. The van der Waals surface area contributed by atoms with Crippen molar-refractivity contribution in [3.8, 4) is 0 Å². The summed E-state index contributed by atoms with van der Waals surface area (Å²) in [5.41, 5.74) is -0.713. The van der Waals surface area contributed by atoms with E-state index in [1.54, 1.807) is 0 Å². The van der Waals surface area contributed by atoms with E-state index in [2.05, 4.69) is 34.3 Å². The summed E-state index contributed by atoms with van der Waals surface area (Å²) in [4.78, 5) is 0. The van der Waals surface area contributed by atoms with Crippen molar-refractivity contribution in [2.24, 2.45) is 22.7 Å². The first kappa shape index (κ1) is 17.4. The zero-order valence-electron chi connectivity index (χ0n) is 15.3. The van der Waals surface area contributed by atoms with Gasteiger partial charge in [-0.25, -0.2) is 0 Å². The maximum atomic E-state index is 11.0. The predicted molar refractivity (Wildman–Crippen MR) is 92.1 cm³/mol. The molecular formula is C20H34O3. The minimum Gasteiger partial charge on any atom is -0.396 e. The third-order valence-corrected chi connectivity index (χ3v) is 7.91. The summed E-state index contributed by atoms with van der Waals surface area (Å²) in [5.74, 6) is 0.696. The molecule has 3 nitrogen and oxygen atoms in total. The molecule has 3 rings (SSSR count). The Labute approximate surface area is 141 Å². The molecule has 3 heteroatoms. The summed E-state index contributed by atoms with van der Waals surface area (Å²) in [7, 11) is 0. The van der Waals surface area contributed by atoms with Crippen molar-refractivity contribution in [2.45, 2.75) is 83.5 Å². The van der Waals surface area contributed by atoms with Crippen molar-refractivity contribution in [3.05, 3.63) is 12.7 Å². The van der Waals surface area contributed by atoms with E-state index in [9.17, 15) is 10.2 Å². The van der Waals surface area contributed by atoms with E-state index >= 15 is 0 Å². The highest BCUT2D eigenvalue weighted by Crippen LogP contribution is 2.65. The second kappa shape index (κ2) is 5.31. The smallest absolute Gasteiger partial charge is 0.0839 e. The highest BCUT2D eigenvalue weighted by molar-refractivity contribution is 5.15. The Bertz CT molecular complexity index is 491. The van der Waals surface area contributed by atoms with Gasteiger partial charge in [-0.2, -0.15) is 0 Å². The summed E-state index contributed by atoms with van der Waals surface area (Å²) in [5, 5.41) is 21.0. The lowest BCUT2D eigenvalue weighted by Crippen LogP contribution is -2.66. The van der Waals surface area contributed by atoms with Crippen LogP contribution in [0, 0.1) is 22.7 Å². The minimum atomic E-state index is -0.298. The van der Waals surface area contributed by atoms with Gasteiger partial charge in [0.25, 0.3) is 0 Å². The molecule has 1 saturated heterocycles. The fraction of sp³-hybridized carbons (Fsp3) is 0.900. The molecule has 7 atom stereocenters. The summed E-state index contributed by atoms with van der Waals surface area (Å²) in [6.07, 6.45) is 7.39. The van der Waals surface area contributed by atoms with Gasteiger partial charge in [0.2, 0.25) is 0 Å². The van der Waals surface area contributed by atoms with Crippen LogP contribution in [-0.4, -0.2) is 34.1 Å². The second-order valence-corrected chi connectivity index (χ2v) is 9.35. The van der Waals surface area contributed by atoms with Gasteiger partial charge in [-0.3, -0.25) is 0 Å². The summed E-state index contributed by atoms with van der Waals surface area (Å²) in [6.45, 7) is 13.0. The Hall–Kier alpha value is -0.380. The zero-order chi connectivity index (χ0) is 17.1. The van der Waals surface area contributed by atoms with Crippen LogP contribution in [0.5, 0.6) is 0 Å². The normalized spacial score (nSPS) is 56.5. The first-order chi connectivity index (χ1) is 10.6. The molecule has 7 unspecified atom stereocenters. The fourth-order valence-corrected chi connectivity index (χ4v) is 6.42. The van der Waals surface area contributed by atoms with Crippen molar-refractivity contribution in [2.75, 3.05) is 6.61 Å². The SMILES string of the molecule is C=CC1(C)CCC2C(C)(CCC3C(C)(CO)CCC(O)C32C)O1. The Kier molecular flexibility index (Phi) is 4.02. The molecule has 132 valence electrons. The van der Waals surface area contributed by atoms with Crippen LogP contribution in [0.15, 0.2) is 12.7 Å². The molecular weight excluding hydrogens is 288 g/mol. The summed E-state index contributed by atoms with van der Waals surface area (Å²) < 4.78 is 6.59. The van der Waals surface area contributed by atoms with Crippen LogP contribution in [0.25, 0.3) is 0 Å². The number of hydrogen-bond acceptors (Lipinski definition) is 3. The Morgan fingerprint density at radius 2 is 1.70 bits per heavy atom. The van der Waals surface area contributed by atoms with E-state index < -0.39 is 0 Å². The number of hydrogen-bond donors (Lipinski definition) is 2. The van der Waals surface area contributed by atoms with Gasteiger partial charge in [-0.15, -0.1) is 6.58 Å². The van der Waals surface area contributed by atoms with Gasteiger partial charge in [0, 0.05) is 12.0 Å². The number of aliphatic hydroxyl groups is 2. The summed E-state index contributed by atoms with van der Waals surface area (Å²) in [6, 6.07) is 0. The Balaban J connectivity index is 2.00. The predicted octanol–water partition coefficient (Wildman–Crippen LogP) is 3.69. The molecule has 0 bridgehead atoms. The molecule has 0 aromatic rings. The van der Waals surface area contributed by atoms with Gasteiger partial charge in [-0.05, 0) is 69.6 Å². The third kappa shape index (κ3) is 2.34. The highest BCUT2D eigenvalue weighted by atomic mass is 16.5. The van der Waals surface area contributed by atoms with E-state index in [0.29, 0.717) is 11.8 Å². The molecule has 2 aliphatic carbocycles. The van der Waals surface area contributed by atoms with Gasteiger partial charge in [0.1, 0.15) is 0 Å². The van der Waals surface area contributed by atoms with Crippen LogP contribution in [0.4, 0.5) is 0 Å². The minimum absolute atomic E-state index is 0.0749. The standard InChI is InChI=1S/C20H34O3/c1-6-18(3)11-7-15-19(4,23-18)12-8-14-17(2,13-21)10-9-16(22)20(14,15)5/h6,14-16,21-22H,1,7-13H2,2-5H3. The van der Waals surface area contributed by atoms with Gasteiger partial charge in [0.15, 0.2) is 0 Å². The molecule has 2 saturated carbocycles. The molecule has 23 heavy (non-hydrogen) atoms. The maximum Gasteiger partial charge on any atom is 0.0839 e. The average molecular weight is 322 g/mol. The number of fused-ring (bicyclic) bond motifs is 3. The molecule has 0 radical (unpaired) electrons. The van der Waals surface area contributed by atoms with E-state index in [1.807, 2.05) is 6.08 Å². The maximum absolute atomic E-state index is 11.0. The zero-order valence-corrected chi connectivity index (χ0v) is 15.3. The lowest BCUT2D eigenvalue weighted by Gasteiger charge is -2.66. The van der Waals surface area contributed by atoms with Crippen LogP contribution in [0.2, 0.25) is 0 Å². The van der Waals surface area contributed by atoms with Crippen LogP contribution in [0.3, 0.4) is 0 Å². The molecule has 3 aliphatic rings. The molecule has 3 fully saturated rings. The lowest BCUT2D eigenvalue weighted by atomic mass is 9.43. The van der Waals surface area contributed by atoms with Crippen molar-refractivity contribution < 1.29 is 14.9 Å². The number of aliphatic hydroxyl groups excluding tert-OH is 2. The fourth-order valence-electron chi connectivity index (χ4n) is 6.42. The van der Waals surface area contributed by atoms with E-state index in [4.69, 9.17) is 4.74 Å². The molecule has 0 aromatic heterocycles. The molecule has 0 aromatic carbocycles. The van der Waals surface area contributed by atoms with Crippen molar-refractivity contribution in [3.63, 3.8) is 0 Å². The Morgan fingerprint density at radius 3 is 2.30 bits per heavy atom. The quantitative estimate of drug-likeness (QED) is 0.762. The third-order valence-electron chi connectivity index (χ3n) is 7.91. The molecule has 1 heterocycles. The van der Waals surface area contributed by atoms with Crippen LogP contribution in [0.1, 0.15) is 66.2 Å². The monoisotopic (exact) mass is 322 g/mol. The van der Waals surface area contributed by atoms with Crippen LogP contribution < -0.4 is 0 Å². The van der Waals surface area contributed by atoms with E-state index in [0.717, 1.165) is 38.5 Å². The van der Waals surface area contributed by atoms with Gasteiger partial charge in [0.05, 0.1) is 17.3 Å². The average Bonchev–Trinajstić information content (AvgIpc) is 2.50. The van der Waals surface area contributed by atoms with Gasteiger partial charge in [-0.1, -0.05) is 19.9 Å². The largest absolute Gasteiger partial charge is 0.396 e. The topological polar surface area (TPSA) is 49.7 Å². The van der Waals surface area contributed by atoms with Gasteiger partial charge >= 0.3 is 0 Å². The molecule has 1 aliphatic heterocycles. The lowest BCUT2D eigenvalue weighted by molar-refractivity contribution is -0.277. The second-order valence-electron chi connectivity index (χ2n) is 9.35. The molecule has 2 N–H and O–H groups in total. The van der Waals surface area contributed by atoms with E-state index in [1.165, 1.54) is 0 Å². The molecule has 0 amide bonds. The van der Waals surface area contributed by atoms with Crippen molar-refractivity contribution in [1.82, 2.24) is 0 Å². The van der Waals surface area contributed by atoms with Gasteiger partial charge < -0.3 is 14.9 Å². The van der Waals surface area contributed by atoms with Crippen molar-refractivity contribution >= 4 is 0 Å². The first-order valence-electron chi connectivity index (χ1n) is 9.26. The van der Waals surface area contributed by atoms with E-state index in [-0.39, 0.29) is 34.7 Å².